The van der Waals surface area contributed by atoms with Crippen molar-refractivity contribution in [3.8, 4) is 10.6 Å². The quantitative estimate of drug-likeness (QED) is 0.778. The number of carbonyl (C=O) groups excluding carboxylic acids is 1. The van der Waals surface area contributed by atoms with Crippen molar-refractivity contribution in [3.05, 3.63) is 59.6 Å². The second-order valence-electron chi connectivity index (χ2n) is 6.13. The van der Waals surface area contributed by atoms with Gasteiger partial charge in [-0.2, -0.15) is 0 Å². The van der Waals surface area contributed by atoms with Gasteiger partial charge in [-0.05, 0) is 6.42 Å². The van der Waals surface area contributed by atoms with Crippen molar-refractivity contribution in [2.45, 2.75) is 24.8 Å². The van der Waals surface area contributed by atoms with Crippen molar-refractivity contribution < 1.29 is 4.79 Å². The van der Waals surface area contributed by atoms with Crippen LogP contribution in [0.25, 0.3) is 10.6 Å². The predicted octanol–water partition coefficient (Wildman–Crippen LogP) is 2.76. The molecule has 2 heterocycles. The first-order valence-corrected chi connectivity index (χ1v) is 8.84. The molecule has 1 aliphatic rings. The first-order chi connectivity index (χ1) is 11.7. The zero-order chi connectivity index (χ0) is 16.5. The number of carbonyl (C=O) groups is 1. The number of imidazole rings is 1. The summed E-state index contributed by atoms with van der Waals surface area (Å²) in [5, 5.41) is 6.02. The summed E-state index contributed by atoms with van der Waals surface area (Å²) in [6.45, 7) is 0. The molecule has 1 aromatic carbocycles. The summed E-state index contributed by atoms with van der Waals surface area (Å²) in [5.74, 6) is 0.423. The van der Waals surface area contributed by atoms with E-state index in [1.807, 2.05) is 53.5 Å². The Hall–Kier alpha value is -2.47. The van der Waals surface area contributed by atoms with Crippen LogP contribution >= 0.6 is 11.3 Å². The van der Waals surface area contributed by atoms with Crippen LogP contribution in [0.1, 0.15) is 23.7 Å². The van der Waals surface area contributed by atoms with Gasteiger partial charge in [0.25, 0.3) is 0 Å². The van der Waals surface area contributed by atoms with Gasteiger partial charge in [0, 0.05) is 41.8 Å². The van der Waals surface area contributed by atoms with E-state index in [0.717, 1.165) is 22.7 Å². The zero-order valence-electron chi connectivity index (χ0n) is 13.3. The second kappa shape index (κ2) is 6.20. The molecule has 5 nitrogen and oxygen atoms in total. The van der Waals surface area contributed by atoms with E-state index in [2.05, 4.69) is 15.3 Å². The van der Waals surface area contributed by atoms with E-state index < -0.39 is 0 Å². The molecule has 2 aromatic heterocycles. The molecule has 0 aliphatic heterocycles. The molecular formula is C18H18N4OS. The summed E-state index contributed by atoms with van der Waals surface area (Å²) >= 11 is 1.58. The van der Waals surface area contributed by atoms with Crippen LogP contribution in [-0.2, 0) is 18.3 Å². The average molecular weight is 338 g/mol. The fourth-order valence-corrected chi connectivity index (χ4v) is 3.76. The minimum absolute atomic E-state index is 0.0366. The van der Waals surface area contributed by atoms with Gasteiger partial charge in [0.05, 0.1) is 18.4 Å². The number of benzene rings is 1. The van der Waals surface area contributed by atoms with Crippen LogP contribution in [-0.4, -0.2) is 26.5 Å². The number of aromatic nitrogens is 3. The molecule has 2 atom stereocenters. The van der Waals surface area contributed by atoms with E-state index >= 15 is 0 Å². The normalized spacial score (nSPS) is 19.2. The molecule has 3 aromatic rings. The van der Waals surface area contributed by atoms with Gasteiger partial charge in [-0.1, -0.05) is 30.3 Å². The Balaban J connectivity index is 1.34. The first kappa shape index (κ1) is 15.1. The summed E-state index contributed by atoms with van der Waals surface area (Å²) in [6.07, 6.45) is 4.99. The van der Waals surface area contributed by atoms with Gasteiger partial charge >= 0.3 is 0 Å². The standard InChI is InChI=1S/C18H18N4OS/c1-22-11-19-9-16(22)14-8-15(14)21-17(23)7-13-10-24-18(20-13)12-5-3-2-4-6-12/h2-6,9-11,14-15H,7-8H2,1H3,(H,21,23)/t14-,15-/m1/s1. The fourth-order valence-electron chi connectivity index (χ4n) is 2.93. The summed E-state index contributed by atoms with van der Waals surface area (Å²) in [5.41, 5.74) is 3.10. The molecule has 1 fully saturated rings. The lowest BCUT2D eigenvalue weighted by Crippen LogP contribution is -2.28. The maximum absolute atomic E-state index is 12.2. The Bertz CT molecular complexity index is 855. The van der Waals surface area contributed by atoms with E-state index in [4.69, 9.17) is 0 Å². The number of hydrogen-bond donors (Lipinski definition) is 1. The molecule has 0 bridgehead atoms. The SMILES string of the molecule is Cn1cncc1[C@@H]1C[C@H]1NC(=O)Cc1csc(-c2ccccc2)n1. The van der Waals surface area contributed by atoms with E-state index in [0.29, 0.717) is 12.3 Å². The Morgan fingerprint density at radius 2 is 2.21 bits per heavy atom. The molecule has 0 unspecified atom stereocenters. The third-order valence-electron chi connectivity index (χ3n) is 4.28. The summed E-state index contributed by atoms with van der Waals surface area (Å²) in [4.78, 5) is 21.0. The minimum atomic E-state index is 0.0366. The highest BCUT2D eigenvalue weighted by atomic mass is 32.1. The number of amides is 1. The monoisotopic (exact) mass is 338 g/mol. The van der Waals surface area contributed by atoms with Crippen molar-refractivity contribution >= 4 is 17.2 Å². The van der Waals surface area contributed by atoms with Crippen molar-refractivity contribution in [2.75, 3.05) is 0 Å². The molecule has 4 rings (SSSR count). The van der Waals surface area contributed by atoms with Crippen molar-refractivity contribution in [1.82, 2.24) is 19.9 Å². The van der Waals surface area contributed by atoms with Crippen molar-refractivity contribution in [3.63, 3.8) is 0 Å². The van der Waals surface area contributed by atoms with Gasteiger partial charge in [-0.3, -0.25) is 4.79 Å². The Morgan fingerprint density at radius 3 is 2.96 bits per heavy atom. The van der Waals surface area contributed by atoms with Crippen molar-refractivity contribution in [1.29, 1.82) is 0 Å². The van der Waals surface area contributed by atoms with E-state index in [9.17, 15) is 4.79 Å². The minimum Gasteiger partial charge on any atom is -0.352 e. The van der Waals surface area contributed by atoms with Crippen LogP contribution in [0.4, 0.5) is 0 Å². The van der Waals surface area contributed by atoms with E-state index in [1.54, 1.807) is 17.7 Å². The predicted molar refractivity (Wildman–Crippen MR) is 93.8 cm³/mol. The topological polar surface area (TPSA) is 59.8 Å². The number of nitrogens with zero attached hydrogens (tertiary/aromatic N) is 3. The third kappa shape index (κ3) is 3.10. The maximum atomic E-state index is 12.2. The molecule has 6 heteroatoms. The second-order valence-corrected chi connectivity index (χ2v) is 6.99. The van der Waals surface area contributed by atoms with E-state index in [-0.39, 0.29) is 11.9 Å². The lowest BCUT2D eigenvalue weighted by Gasteiger charge is -2.04. The lowest BCUT2D eigenvalue weighted by atomic mass is 10.2. The fraction of sp³-hybridized carbons (Fsp3) is 0.278. The Morgan fingerprint density at radius 1 is 1.38 bits per heavy atom. The van der Waals surface area contributed by atoms with E-state index in [1.165, 1.54) is 5.69 Å². The van der Waals surface area contributed by atoms with Crippen molar-refractivity contribution in [2.24, 2.45) is 7.05 Å². The van der Waals surface area contributed by atoms with Crippen LogP contribution < -0.4 is 5.32 Å². The molecule has 1 N–H and O–H groups in total. The van der Waals surface area contributed by atoms with Gasteiger partial charge in [-0.15, -0.1) is 11.3 Å². The average Bonchev–Trinajstić information content (AvgIpc) is 2.96. The highest BCUT2D eigenvalue weighted by molar-refractivity contribution is 7.13. The third-order valence-corrected chi connectivity index (χ3v) is 5.23. The molecule has 1 amide bonds. The van der Waals surface area contributed by atoms with Crippen LogP contribution in [0.5, 0.6) is 0 Å². The van der Waals surface area contributed by atoms with Gasteiger partial charge in [0.15, 0.2) is 0 Å². The smallest absolute Gasteiger partial charge is 0.226 e. The number of rotatable bonds is 5. The number of nitrogens with one attached hydrogen (secondary N) is 1. The molecule has 1 aliphatic carbocycles. The maximum Gasteiger partial charge on any atom is 0.226 e. The first-order valence-electron chi connectivity index (χ1n) is 7.96. The summed E-state index contributed by atoms with van der Waals surface area (Å²) < 4.78 is 2.02. The van der Waals surface area contributed by atoms with Gasteiger partial charge in [-0.25, -0.2) is 9.97 Å². The van der Waals surface area contributed by atoms with Gasteiger partial charge < -0.3 is 9.88 Å². The molecule has 1 saturated carbocycles. The molecular weight excluding hydrogens is 320 g/mol. The van der Waals surface area contributed by atoms with Gasteiger partial charge in [0.1, 0.15) is 5.01 Å². The zero-order valence-corrected chi connectivity index (χ0v) is 14.2. The largest absolute Gasteiger partial charge is 0.352 e. The van der Waals surface area contributed by atoms with Crippen LogP contribution in [0.15, 0.2) is 48.2 Å². The molecule has 0 radical (unpaired) electrons. The van der Waals surface area contributed by atoms with Crippen LogP contribution in [0.2, 0.25) is 0 Å². The molecule has 24 heavy (non-hydrogen) atoms. The lowest BCUT2D eigenvalue weighted by molar-refractivity contribution is -0.120. The van der Waals surface area contributed by atoms with Crippen LogP contribution in [0.3, 0.4) is 0 Å². The molecule has 122 valence electrons. The molecule has 0 saturated heterocycles. The van der Waals surface area contributed by atoms with Crippen LogP contribution in [0, 0.1) is 0 Å². The number of hydrogen-bond acceptors (Lipinski definition) is 4. The number of thiazole rings is 1. The Kier molecular flexibility index (Phi) is 3.90. The highest BCUT2D eigenvalue weighted by Gasteiger charge is 2.41. The highest BCUT2D eigenvalue weighted by Crippen LogP contribution is 2.40. The summed E-state index contributed by atoms with van der Waals surface area (Å²) in [7, 11) is 1.99. The molecule has 0 spiro atoms. The summed E-state index contributed by atoms with van der Waals surface area (Å²) in [6, 6.07) is 10.3. The van der Waals surface area contributed by atoms with Gasteiger partial charge in [0.2, 0.25) is 5.91 Å². The Labute approximate surface area is 144 Å². The number of aryl methyl sites for hydroxylation is 1.